The second-order valence-electron chi connectivity index (χ2n) is 5.39. The first kappa shape index (κ1) is 16.9. The number of non-ortho nitro benzene ring substituents is 1. The summed E-state index contributed by atoms with van der Waals surface area (Å²) < 4.78 is 5.64. The molecule has 0 N–H and O–H groups in total. The standard InChI is InChI=1S/C20H12N2O4/c21-13-14-1-3-15(4-2-14)19(23)11-9-18-10-12-20(26-18)16-5-7-17(8-6-16)22(24)25/h1-12H/b11-9+. The van der Waals surface area contributed by atoms with Gasteiger partial charge in [0.2, 0.25) is 0 Å². The fourth-order valence-electron chi connectivity index (χ4n) is 2.31. The third-order valence-electron chi connectivity index (χ3n) is 3.69. The maximum atomic E-state index is 12.1. The highest BCUT2D eigenvalue weighted by Gasteiger charge is 2.08. The Morgan fingerprint density at radius 3 is 2.35 bits per heavy atom. The zero-order valence-corrected chi connectivity index (χ0v) is 13.5. The lowest BCUT2D eigenvalue weighted by Gasteiger charge is -1.97. The highest BCUT2D eigenvalue weighted by molar-refractivity contribution is 6.06. The van der Waals surface area contributed by atoms with Crippen LogP contribution in [0.5, 0.6) is 0 Å². The third-order valence-corrected chi connectivity index (χ3v) is 3.69. The molecule has 0 radical (unpaired) electrons. The number of benzene rings is 2. The first-order valence-corrected chi connectivity index (χ1v) is 7.64. The van der Waals surface area contributed by atoms with E-state index in [9.17, 15) is 14.9 Å². The highest BCUT2D eigenvalue weighted by Crippen LogP contribution is 2.25. The van der Waals surface area contributed by atoms with E-state index in [-0.39, 0.29) is 11.5 Å². The molecule has 0 unspecified atom stereocenters. The predicted molar refractivity (Wildman–Crippen MR) is 95.3 cm³/mol. The van der Waals surface area contributed by atoms with Gasteiger partial charge in [0.1, 0.15) is 11.5 Å². The number of rotatable bonds is 5. The Kier molecular flexibility index (Phi) is 4.72. The van der Waals surface area contributed by atoms with Crippen LogP contribution in [0.25, 0.3) is 17.4 Å². The Morgan fingerprint density at radius 2 is 1.73 bits per heavy atom. The van der Waals surface area contributed by atoms with Gasteiger partial charge in [0, 0.05) is 23.3 Å². The van der Waals surface area contributed by atoms with E-state index in [0.717, 1.165) is 0 Å². The Bertz CT molecular complexity index is 1020. The minimum absolute atomic E-state index is 0.00781. The van der Waals surface area contributed by atoms with Crippen LogP contribution in [0.15, 0.2) is 71.2 Å². The number of nitrogens with zero attached hydrogens (tertiary/aromatic N) is 2. The fraction of sp³-hybridized carbons (Fsp3) is 0. The molecule has 2 aromatic carbocycles. The number of nitro groups is 1. The summed E-state index contributed by atoms with van der Waals surface area (Å²) in [4.78, 5) is 22.3. The van der Waals surface area contributed by atoms with Crippen LogP contribution in [-0.2, 0) is 0 Å². The molecule has 0 saturated heterocycles. The van der Waals surface area contributed by atoms with Crippen LogP contribution in [0, 0.1) is 21.4 Å². The number of hydrogen-bond donors (Lipinski definition) is 0. The Hall–Kier alpha value is -3.98. The minimum Gasteiger partial charge on any atom is -0.457 e. The van der Waals surface area contributed by atoms with Crippen LogP contribution in [0.2, 0.25) is 0 Å². The van der Waals surface area contributed by atoms with Gasteiger partial charge in [-0.15, -0.1) is 0 Å². The molecular weight excluding hydrogens is 332 g/mol. The molecule has 26 heavy (non-hydrogen) atoms. The number of ketones is 1. The Labute approximate surface area is 148 Å². The molecule has 0 amide bonds. The quantitative estimate of drug-likeness (QED) is 0.291. The molecule has 6 nitrogen and oxygen atoms in total. The van der Waals surface area contributed by atoms with Crippen molar-refractivity contribution in [3.8, 4) is 17.4 Å². The van der Waals surface area contributed by atoms with Crippen molar-refractivity contribution in [2.45, 2.75) is 0 Å². The number of carbonyl (C=O) groups is 1. The van der Waals surface area contributed by atoms with Crippen LogP contribution in [0.4, 0.5) is 5.69 Å². The molecule has 6 heteroatoms. The van der Waals surface area contributed by atoms with Crippen molar-refractivity contribution >= 4 is 17.5 Å². The van der Waals surface area contributed by atoms with Crippen LogP contribution in [-0.4, -0.2) is 10.7 Å². The van der Waals surface area contributed by atoms with Crippen molar-refractivity contribution in [3.63, 3.8) is 0 Å². The topological polar surface area (TPSA) is 97.1 Å². The number of allylic oxidation sites excluding steroid dienone is 1. The molecule has 3 rings (SSSR count). The maximum absolute atomic E-state index is 12.1. The predicted octanol–water partition coefficient (Wildman–Crippen LogP) is 4.62. The third kappa shape index (κ3) is 3.74. The second-order valence-corrected chi connectivity index (χ2v) is 5.39. The Morgan fingerprint density at radius 1 is 1.04 bits per heavy atom. The van der Waals surface area contributed by atoms with Crippen LogP contribution in [0.3, 0.4) is 0 Å². The van der Waals surface area contributed by atoms with Crippen LogP contribution < -0.4 is 0 Å². The van der Waals surface area contributed by atoms with E-state index in [4.69, 9.17) is 9.68 Å². The molecule has 0 aliphatic heterocycles. The summed E-state index contributed by atoms with van der Waals surface area (Å²) in [6.07, 6.45) is 2.94. The van der Waals surface area contributed by atoms with E-state index in [1.807, 2.05) is 6.07 Å². The molecule has 126 valence electrons. The summed E-state index contributed by atoms with van der Waals surface area (Å²) in [6.45, 7) is 0. The van der Waals surface area contributed by atoms with Gasteiger partial charge in [-0.1, -0.05) is 0 Å². The molecule has 0 bridgehead atoms. The first-order valence-electron chi connectivity index (χ1n) is 7.64. The largest absolute Gasteiger partial charge is 0.457 e. The first-order chi connectivity index (χ1) is 12.6. The zero-order chi connectivity index (χ0) is 18.5. The number of furan rings is 1. The van der Waals surface area contributed by atoms with Crippen molar-refractivity contribution in [1.29, 1.82) is 5.26 Å². The number of carbonyl (C=O) groups excluding carboxylic acids is 1. The lowest BCUT2D eigenvalue weighted by atomic mass is 10.1. The zero-order valence-electron chi connectivity index (χ0n) is 13.5. The molecule has 1 aromatic heterocycles. The Balaban J connectivity index is 1.73. The van der Waals surface area contributed by atoms with Gasteiger partial charge >= 0.3 is 0 Å². The lowest BCUT2D eigenvalue weighted by molar-refractivity contribution is -0.384. The lowest BCUT2D eigenvalue weighted by Crippen LogP contribution is -1.93. The SMILES string of the molecule is N#Cc1ccc(C(=O)/C=C/c2ccc(-c3ccc([N+](=O)[O-])cc3)o2)cc1. The molecule has 0 spiro atoms. The molecule has 1 heterocycles. The van der Waals surface area contributed by atoms with E-state index < -0.39 is 4.92 Å². The second kappa shape index (κ2) is 7.28. The normalized spacial score (nSPS) is 10.6. The van der Waals surface area contributed by atoms with E-state index >= 15 is 0 Å². The molecule has 0 aliphatic carbocycles. The van der Waals surface area contributed by atoms with Crippen LogP contribution >= 0.6 is 0 Å². The van der Waals surface area contributed by atoms with Crippen molar-refractivity contribution < 1.29 is 14.1 Å². The van der Waals surface area contributed by atoms with Crippen molar-refractivity contribution in [1.82, 2.24) is 0 Å². The van der Waals surface area contributed by atoms with Crippen molar-refractivity contribution in [2.24, 2.45) is 0 Å². The van der Waals surface area contributed by atoms with E-state index in [1.165, 1.54) is 18.2 Å². The number of nitro benzene ring substituents is 1. The summed E-state index contributed by atoms with van der Waals surface area (Å²) in [5, 5.41) is 19.4. The maximum Gasteiger partial charge on any atom is 0.269 e. The smallest absolute Gasteiger partial charge is 0.269 e. The van der Waals surface area contributed by atoms with Gasteiger partial charge in [-0.3, -0.25) is 14.9 Å². The fourth-order valence-corrected chi connectivity index (χ4v) is 2.31. The number of hydrogen-bond acceptors (Lipinski definition) is 5. The van der Waals surface area contributed by atoms with Crippen LogP contribution in [0.1, 0.15) is 21.7 Å². The summed E-state index contributed by atoms with van der Waals surface area (Å²) in [6, 6.07) is 17.8. The summed E-state index contributed by atoms with van der Waals surface area (Å²) in [5.41, 5.74) is 1.67. The molecule has 0 aliphatic rings. The minimum atomic E-state index is -0.463. The van der Waals surface area contributed by atoms with E-state index in [0.29, 0.717) is 28.2 Å². The van der Waals surface area contributed by atoms with Gasteiger partial charge < -0.3 is 4.42 Å². The van der Waals surface area contributed by atoms with Gasteiger partial charge in [0.05, 0.1) is 16.6 Å². The van der Waals surface area contributed by atoms with Gasteiger partial charge in [0.25, 0.3) is 5.69 Å². The van der Waals surface area contributed by atoms with Gasteiger partial charge in [0.15, 0.2) is 5.78 Å². The molecule has 3 aromatic rings. The summed E-state index contributed by atoms with van der Waals surface area (Å²) in [5.74, 6) is 0.827. The summed E-state index contributed by atoms with van der Waals surface area (Å²) >= 11 is 0. The summed E-state index contributed by atoms with van der Waals surface area (Å²) in [7, 11) is 0. The van der Waals surface area contributed by atoms with Gasteiger partial charge in [-0.25, -0.2) is 0 Å². The van der Waals surface area contributed by atoms with Crippen molar-refractivity contribution in [3.05, 3.63) is 93.7 Å². The molecular formula is C20H12N2O4. The number of nitriles is 1. The monoisotopic (exact) mass is 344 g/mol. The molecule has 0 saturated carbocycles. The van der Waals surface area contributed by atoms with Gasteiger partial charge in [-0.2, -0.15) is 5.26 Å². The molecule has 0 fully saturated rings. The average Bonchev–Trinajstić information content (AvgIpc) is 3.15. The van der Waals surface area contributed by atoms with Crippen molar-refractivity contribution in [2.75, 3.05) is 0 Å². The molecule has 0 atom stereocenters. The average molecular weight is 344 g/mol. The van der Waals surface area contributed by atoms with Gasteiger partial charge in [-0.05, 0) is 60.7 Å². The van der Waals surface area contributed by atoms with E-state index in [1.54, 1.807) is 54.6 Å². The van der Waals surface area contributed by atoms with E-state index in [2.05, 4.69) is 0 Å². The highest BCUT2D eigenvalue weighted by atomic mass is 16.6.